The number of carbonyl (C=O) groups excluding carboxylic acids is 2. The van der Waals surface area contributed by atoms with E-state index in [9.17, 15) is 14.4 Å². The van der Waals surface area contributed by atoms with Crippen LogP contribution in [-0.2, 0) is 11.3 Å². The Morgan fingerprint density at radius 2 is 1.85 bits per heavy atom. The SMILES string of the molecule is CN(C)c1cccc(C(=O)NNC(=O)Cn2c(=O)oc3ccccc32)c1. The highest BCUT2D eigenvalue weighted by atomic mass is 16.4. The van der Waals surface area contributed by atoms with Gasteiger partial charge in [-0.3, -0.25) is 25.0 Å². The second kappa shape index (κ2) is 7.14. The zero-order chi connectivity index (χ0) is 18.7. The number of hydrogen-bond donors (Lipinski definition) is 2. The standard InChI is InChI=1S/C18H18N4O4/c1-21(2)13-7-5-6-12(10-13)17(24)20-19-16(23)11-22-14-8-3-4-9-15(14)26-18(22)25/h3-10H,11H2,1-2H3,(H,19,23)(H,20,24). The number of anilines is 1. The maximum atomic E-state index is 12.2. The van der Waals surface area contributed by atoms with Crippen molar-refractivity contribution in [2.24, 2.45) is 0 Å². The fraction of sp³-hybridized carbons (Fsp3) is 0.167. The van der Waals surface area contributed by atoms with Crippen molar-refractivity contribution in [3.63, 3.8) is 0 Å². The predicted molar refractivity (Wildman–Crippen MR) is 96.9 cm³/mol. The van der Waals surface area contributed by atoms with Gasteiger partial charge in [0, 0.05) is 25.3 Å². The first-order valence-electron chi connectivity index (χ1n) is 7.90. The van der Waals surface area contributed by atoms with E-state index in [-0.39, 0.29) is 6.54 Å². The molecule has 0 bridgehead atoms. The fourth-order valence-corrected chi connectivity index (χ4v) is 2.47. The first-order valence-corrected chi connectivity index (χ1v) is 7.90. The Labute approximate surface area is 149 Å². The number of nitrogens with one attached hydrogen (secondary N) is 2. The Morgan fingerprint density at radius 3 is 2.62 bits per heavy atom. The molecule has 2 aromatic carbocycles. The minimum Gasteiger partial charge on any atom is -0.408 e. The van der Waals surface area contributed by atoms with Crippen molar-refractivity contribution in [2.75, 3.05) is 19.0 Å². The monoisotopic (exact) mass is 354 g/mol. The van der Waals surface area contributed by atoms with E-state index in [2.05, 4.69) is 10.9 Å². The van der Waals surface area contributed by atoms with Gasteiger partial charge >= 0.3 is 5.76 Å². The average Bonchev–Trinajstić information content (AvgIpc) is 2.95. The molecule has 0 saturated heterocycles. The second-order valence-electron chi connectivity index (χ2n) is 5.87. The number of amides is 2. The molecule has 134 valence electrons. The number of para-hydroxylation sites is 2. The normalized spacial score (nSPS) is 10.5. The van der Waals surface area contributed by atoms with Crippen molar-refractivity contribution in [2.45, 2.75) is 6.54 Å². The third-order valence-corrected chi connectivity index (χ3v) is 3.82. The lowest BCUT2D eigenvalue weighted by atomic mass is 10.2. The molecule has 3 aromatic rings. The molecular weight excluding hydrogens is 336 g/mol. The first kappa shape index (κ1) is 17.3. The lowest BCUT2D eigenvalue weighted by Crippen LogP contribution is -2.43. The van der Waals surface area contributed by atoms with E-state index in [4.69, 9.17) is 4.42 Å². The predicted octanol–water partition coefficient (Wildman–Crippen LogP) is 1.12. The number of nitrogens with zero attached hydrogens (tertiary/aromatic N) is 2. The summed E-state index contributed by atoms with van der Waals surface area (Å²) in [6.07, 6.45) is 0. The molecule has 0 aliphatic rings. The number of fused-ring (bicyclic) bond motifs is 1. The zero-order valence-corrected chi connectivity index (χ0v) is 14.4. The summed E-state index contributed by atoms with van der Waals surface area (Å²) >= 11 is 0. The van der Waals surface area contributed by atoms with Gasteiger partial charge in [0.05, 0.1) is 5.52 Å². The number of oxazole rings is 1. The fourth-order valence-electron chi connectivity index (χ4n) is 2.47. The van der Waals surface area contributed by atoms with Gasteiger partial charge in [0.1, 0.15) is 6.54 Å². The highest BCUT2D eigenvalue weighted by Crippen LogP contribution is 2.13. The van der Waals surface area contributed by atoms with Crippen LogP contribution in [0.25, 0.3) is 11.1 Å². The molecule has 26 heavy (non-hydrogen) atoms. The van der Waals surface area contributed by atoms with Gasteiger partial charge in [0.2, 0.25) is 0 Å². The molecule has 8 heteroatoms. The second-order valence-corrected chi connectivity index (χ2v) is 5.87. The highest BCUT2D eigenvalue weighted by molar-refractivity contribution is 5.96. The van der Waals surface area contributed by atoms with Crippen LogP contribution in [0.15, 0.2) is 57.7 Å². The van der Waals surface area contributed by atoms with E-state index >= 15 is 0 Å². The molecule has 0 aliphatic carbocycles. The summed E-state index contributed by atoms with van der Waals surface area (Å²) in [5, 5.41) is 0. The number of benzene rings is 2. The van der Waals surface area contributed by atoms with Crippen LogP contribution < -0.4 is 21.5 Å². The lowest BCUT2D eigenvalue weighted by molar-refractivity contribution is -0.122. The molecule has 0 aliphatic heterocycles. The first-order chi connectivity index (χ1) is 12.5. The highest BCUT2D eigenvalue weighted by Gasteiger charge is 2.13. The zero-order valence-electron chi connectivity index (χ0n) is 14.4. The van der Waals surface area contributed by atoms with Crippen LogP contribution in [0, 0.1) is 0 Å². The molecule has 3 rings (SSSR count). The van der Waals surface area contributed by atoms with Gasteiger partial charge in [-0.25, -0.2) is 4.79 Å². The Balaban J connectivity index is 1.65. The van der Waals surface area contributed by atoms with E-state index in [0.29, 0.717) is 16.7 Å². The maximum absolute atomic E-state index is 12.2. The molecule has 0 atom stereocenters. The molecule has 8 nitrogen and oxygen atoms in total. The number of hydrazine groups is 1. The molecule has 1 heterocycles. The number of carbonyl (C=O) groups is 2. The Morgan fingerprint density at radius 1 is 1.08 bits per heavy atom. The van der Waals surface area contributed by atoms with Crippen LogP contribution >= 0.6 is 0 Å². The summed E-state index contributed by atoms with van der Waals surface area (Å²) in [5.41, 5.74) is 6.82. The van der Waals surface area contributed by atoms with Crippen molar-refractivity contribution in [1.82, 2.24) is 15.4 Å². The van der Waals surface area contributed by atoms with Gasteiger partial charge in [-0.1, -0.05) is 18.2 Å². The Hall–Kier alpha value is -3.55. The van der Waals surface area contributed by atoms with Crippen molar-refractivity contribution < 1.29 is 14.0 Å². The van der Waals surface area contributed by atoms with E-state index in [1.54, 1.807) is 42.5 Å². The van der Waals surface area contributed by atoms with Crippen molar-refractivity contribution >= 4 is 28.6 Å². The van der Waals surface area contributed by atoms with E-state index in [1.165, 1.54) is 4.57 Å². The number of hydrogen-bond acceptors (Lipinski definition) is 5. The summed E-state index contributed by atoms with van der Waals surface area (Å²) < 4.78 is 6.26. The van der Waals surface area contributed by atoms with E-state index < -0.39 is 17.6 Å². The third-order valence-electron chi connectivity index (χ3n) is 3.82. The topological polar surface area (TPSA) is 96.6 Å². The molecule has 2 N–H and O–H groups in total. The van der Waals surface area contributed by atoms with Crippen LogP contribution in [0.2, 0.25) is 0 Å². The van der Waals surface area contributed by atoms with E-state index in [1.807, 2.05) is 25.1 Å². The average molecular weight is 354 g/mol. The Kier molecular flexibility index (Phi) is 4.74. The van der Waals surface area contributed by atoms with Crippen molar-refractivity contribution in [3.8, 4) is 0 Å². The third kappa shape index (κ3) is 3.59. The summed E-state index contributed by atoms with van der Waals surface area (Å²) in [5.74, 6) is -1.63. The van der Waals surface area contributed by atoms with Crippen LogP contribution in [0.1, 0.15) is 10.4 Å². The molecular formula is C18H18N4O4. The van der Waals surface area contributed by atoms with Crippen LogP contribution in [0.5, 0.6) is 0 Å². The quantitative estimate of drug-likeness (QED) is 0.685. The van der Waals surface area contributed by atoms with Crippen LogP contribution in [0.3, 0.4) is 0 Å². The van der Waals surface area contributed by atoms with Gasteiger partial charge in [0.15, 0.2) is 5.58 Å². The number of aromatic nitrogens is 1. The summed E-state index contributed by atoms with van der Waals surface area (Å²) in [4.78, 5) is 38.0. The van der Waals surface area contributed by atoms with Gasteiger partial charge in [-0.2, -0.15) is 0 Å². The van der Waals surface area contributed by atoms with Gasteiger partial charge in [-0.15, -0.1) is 0 Å². The largest absolute Gasteiger partial charge is 0.420 e. The van der Waals surface area contributed by atoms with Crippen LogP contribution in [-0.4, -0.2) is 30.5 Å². The lowest BCUT2D eigenvalue weighted by Gasteiger charge is -2.13. The maximum Gasteiger partial charge on any atom is 0.420 e. The molecule has 2 amide bonds. The minimum atomic E-state index is -0.633. The summed E-state index contributed by atoms with van der Waals surface area (Å²) in [6.45, 7) is -0.270. The van der Waals surface area contributed by atoms with Crippen molar-refractivity contribution in [3.05, 3.63) is 64.6 Å². The summed E-state index contributed by atoms with van der Waals surface area (Å²) in [6, 6.07) is 13.8. The Bertz CT molecular complexity index is 1020. The molecule has 0 radical (unpaired) electrons. The number of rotatable bonds is 4. The van der Waals surface area contributed by atoms with Gasteiger partial charge in [0.25, 0.3) is 11.8 Å². The van der Waals surface area contributed by atoms with Crippen molar-refractivity contribution in [1.29, 1.82) is 0 Å². The molecule has 0 saturated carbocycles. The van der Waals surface area contributed by atoms with E-state index in [0.717, 1.165) is 5.69 Å². The minimum absolute atomic E-state index is 0.270. The van der Waals surface area contributed by atoms with Gasteiger partial charge < -0.3 is 9.32 Å². The molecule has 0 fully saturated rings. The smallest absolute Gasteiger partial charge is 0.408 e. The molecule has 0 unspecified atom stereocenters. The summed E-state index contributed by atoms with van der Waals surface area (Å²) in [7, 11) is 3.73. The van der Waals surface area contributed by atoms with Gasteiger partial charge in [-0.05, 0) is 30.3 Å². The van der Waals surface area contributed by atoms with Crippen LogP contribution in [0.4, 0.5) is 5.69 Å². The molecule has 0 spiro atoms. The molecule has 1 aromatic heterocycles.